The van der Waals surface area contributed by atoms with Gasteiger partial charge in [0.25, 0.3) is 0 Å². The molecule has 0 saturated carbocycles. The number of nitrogens with zero attached hydrogens (tertiary/aromatic N) is 2. The van der Waals surface area contributed by atoms with Crippen LogP contribution in [0.2, 0.25) is 5.02 Å². The maximum atomic E-state index is 13.3. The number of aryl methyl sites for hydroxylation is 1. The Balaban J connectivity index is 1.64. The van der Waals surface area contributed by atoms with E-state index in [9.17, 15) is 13.2 Å². The van der Waals surface area contributed by atoms with Crippen molar-refractivity contribution in [2.24, 2.45) is 0 Å². The second-order valence-electron chi connectivity index (χ2n) is 7.87. The molecule has 1 fully saturated rings. The molecule has 0 unspecified atom stereocenters. The lowest BCUT2D eigenvalue weighted by molar-refractivity contribution is -0.121. The molecule has 1 saturated heterocycles. The number of halogens is 1. The predicted octanol–water partition coefficient (Wildman–Crippen LogP) is 2.68. The van der Waals surface area contributed by atoms with E-state index in [-0.39, 0.29) is 23.9 Å². The first-order chi connectivity index (χ1) is 15.3. The van der Waals surface area contributed by atoms with Crippen molar-refractivity contribution >= 4 is 27.5 Å². The van der Waals surface area contributed by atoms with Gasteiger partial charge in [-0.3, -0.25) is 9.69 Å². The average molecular weight is 480 g/mol. The Kier molecular flexibility index (Phi) is 9.07. The molecular formula is C23H30ClN3O4S. The van der Waals surface area contributed by atoms with Crippen molar-refractivity contribution in [3.8, 4) is 0 Å². The van der Waals surface area contributed by atoms with E-state index < -0.39 is 10.0 Å². The highest BCUT2D eigenvalue weighted by Gasteiger charge is 2.27. The molecule has 0 spiro atoms. The number of amides is 1. The molecule has 0 atom stereocenters. The molecule has 174 valence electrons. The third-order valence-corrected chi connectivity index (χ3v) is 7.35. The minimum absolute atomic E-state index is 0.105. The first-order valence-corrected chi connectivity index (χ1v) is 12.5. The van der Waals surface area contributed by atoms with Crippen LogP contribution in [0.25, 0.3) is 0 Å². The predicted molar refractivity (Wildman–Crippen MR) is 125 cm³/mol. The summed E-state index contributed by atoms with van der Waals surface area (Å²) in [6.07, 6.45) is 0.799. The zero-order chi connectivity index (χ0) is 23.0. The Hall–Kier alpha value is -1.97. The van der Waals surface area contributed by atoms with Crippen molar-refractivity contribution in [2.45, 2.75) is 24.8 Å². The summed E-state index contributed by atoms with van der Waals surface area (Å²) in [5, 5.41) is 3.31. The molecule has 1 aliphatic rings. The number of carbonyl (C=O) groups is 1. The van der Waals surface area contributed by atoms with Gasteiger partial charge in [-0.25, -0.2) is 8.42 Å². The van der Waals surface area contributed by atoms with Crippen molar-refractivity contribution < 1.29 is 17.9 Å². The Labute approximate surface area is 195 Å². The van der Waals surface area contributed by atoms with Gasteiger partial charge in [-0.15, -0.1) is 0 Å². The normalized spacial score (nSPS) is 15.1. The van der Waals surface area contributed by atoms with Crippen LogP contribution in [-0.4, -0.2) is 69.5 Å². The summed E-state index contributed by atoms with van der Waals surface area (Å²) in [6, 6.07) is 13.6. The SMILES string of the molecule is Cc1cccc(CN(CC(=O)NCCCN2CCOCC2)S(=O)(=O)c2ccc(Cl)cc2)c1. The molecule has 1 amide bonds. The van der Waals surface area contributed by atoms with Crippen LogP contribution in [-0.2, 0) is 26.1 Å². The number of rotatable bonds is 10. The van der Waals surface area contributed by atoms with Crippen molar-refractivity contribution in [3.63, 3.8) is 0 Å². The van der Waals surface area contributed by atoms with Crippen molar-refractivity contribution in [2.75, 3.05) is 45.9 Å². The summed E-state index contributed by atoms with van der Waals surface area (Å²) < 4.78 is 33.1. The van der Waals surface area contributed by atoms with Crippen LogP contribution < -0.4 is 5.32 Å². The Bertz CT molecular complexity index is 993. The summed E-state index contributed by atoms with van der Waals surface area (Å²) >= 11 is 5.92. The quantitative estimate of drug-likeness (QED) is 0.530. The molecule has 2 aromatic rings. The van der Waals surface area contributed by atoms with E-state index >= 15 is 0 Å². The van der Waals surface area contributed by atoms with Crippen molar-refractivity contribution in [3.05, 3.63) is 64.7 Å². The van der Waals surface area contributed by atoms with Crippen LogP contribution in [0.1, 0.15) is 17.5 Å². The van der Waals surface area contributed by atoms with Gasteiger partial charge in [0, 0.05) is 31.2 Å². The van der Waals surface area contributed by atoms with E-state index in [1.807, 2.05) is 31.2 Å². The number of sulfonamides is 1. The maximum absolute atomic E-state index is 13.3. The molecule has 32 heavy (non-hydrogen) atoms. The summed E-state index contributed by atoms with van der Waals surface area (Å²) in [6.45, 7) is 6.45. The Morgan fingerprint density at radius 1 is 1.16 bits per heavy atom. The van der Waals surface area contributed by atoms with E-state index in [1.54, 1.807) is 0 Å². The van der Waals surface area contributed by atoms with E-state index in [1.165, 1.54) is 28.6 Å². The second-order valence-corrected chi connectivity index (χ2v) is 10.2. The fraction of sp³-hybridized carbons (Fsp3) is 0.435. The fourth-order valence-corrected chi connectivity index (χ4v) is 5.08. The first-order valence-electron chi connectivity index (χ1n) is 10.7. The summed E-state index contributed by atoms with van der Waals surface area (Å²) in [7, 11) is -3.88. The number of hydrogen-bond acceptors (Lipinski definition) is 5. The zero-order valence-electron chi connectivity index (χ0n) is 18.3. The summed E-state index contributed by atoms with van der Waals surface area (Å²) in [5.41, 5.74) is 1.85. The number of ether oxygens (including phenoxy) is 1. The third-order valence-electron chi connectivity index (χ3n) is 5.29. The number of nitrogens with one attached hydrogen (secondary N) is 1. The van der Waals surface area contributed by atoms with E-state index in [4.69, 9.17) is 16.3 Å². The van der Waals surface area contributed by atoms with Crippen LogP contribution in [0.3, 0.4) is 0 Å². The smallest absolute Gasteiger partial charge is 0.243 e. The van der Waals surface area contributed by atoms with Gasteiger partial charge in [0.15, 0.2) is 0 Å². The summed E-state index contributed by atoms with van der Waals surface area (Å²) in [4.78, 5) is 15.0. The van der Waals surface area contributed by atoms with Gasteiger partial charge in [0.2, 0.25) is 15.9 Å². The number of benzene rings is 2. The molecule has 3 rings (SSSR count). The fourth-order valence-electron chi connectivity index (χ4n) is 3.57. The average Bonchev–Trinajstić information content (AvgIpc) is 2.77. The Morgan fingerprint density at radius 3 is 2.56 bits per heavy atom. The minimum atomic E-state index is -3.88. The lowest BCUT2D eigenvalue weighted by atomic mass is 10.1. The largest absolute Gasteiger partial charge is 0.379 e. The number of carbonyl (C=O) groups excluding carboxylic acids is 1. The molecule has 0 bridgehead atoms. The van der Waals surface area contributed by atoms with Crippen LogP contribution in [0, 0.1) is 6.92 Å². The zero-order valence-corrected chi connectivity index (χ0v) is 19.9. The van der Waals surface area contributed by atoms with Gasteiger partial charge in [-0.1, -0.05) is 41.4 Å². The molecule has 1 N–H and O–H groups in total. The molecule has 1 aliphatic heterocycles. The van der Waals surface area contributed by atoms with E-state index in [0.29, 0.717) is 11.6 Å². The van der Waals surface area contributed by atoms with Gasteiger partial charge in [-0.2, -0.15) is 4.31 Å². The maximum Gasteiger partial charge on any atom is 0.243 e. The van der Waals surface area contributed by atoms with Crippen LogP contribution >= 0.6 is 11.6 Å². The molecule has 9 heteroatoms. The van der Waals surface area contributed by atoms with Crippen LogP contribution in [0.4, 0.5) is 0 Å². The van der Waals surface area contributed by atoms with Crippen molar-refractivity contribution in [1.29, 1.82) is 0 Å². The topological polar surface area (TPSA) is 79.0 Å². The lowest BCUT2D eigenvalue weighted by Gasteiger charge is -2.26. The molecule has 7 nitrogen and oxygen atoms in total. The van der Waals surface area contributed by atoms with Gasteiger partial charge in [0.1, 0.15) is 0 Å². The Morgan fingerprint density at radius 2 is 1.88 bits per heavy atom. The first kappa shape index (κ1) is 24.7. The highest BCUT2D eigenvalue weighted by Crippen LogP contribution is 2.21. The van der Waals surface area contributed by atoms with Crippen LogP contribution in [0.15, 0.2) is 53.4 Å². The lowest BCUT2D eigenvalue weighted by Crippen LogP contribution is -2.41. The highest BCUT2D eigenvalue weighted by molar-refractivity contribution is 7.89. The third kappa shape index (κ3) is 7.28. The van der Waals surface area contributed by atoms with Gasteiger partial charge >= 0.3 is 0 Å². The second kappa shape index (κ2) is 11.8. The minimum Gasteiger partial charge on any atom is -0.379 e. The van der Waals surface area contributed by atoms with Crippen LogP contribution in [0.5, 0.6) is 0 Å². The molecule has 0 radical (unpaired) electrons. The highest BCUT2D eigenvalue weighted by atomic mass is 35.5. The van der Waals surface area contributed by atoms with Gasteiger partial charge in [0.05, 0.1) is 24.7 Å². The summed E-state index contributed by atoms with van der Waals surface area (Å²) in [5.74, 6) is -0.322. The molecular weight excluding hydrogens is 450 g/mol. The monoisotopic (exact) mass is 479 g/mol. The van der Waals surface area contributed by atoms with Gasteiger partial charge in [-0.05, 0) is 49.7 Å². The molecule has 1 heterocycles. The van der Waals surface area contributed by atoms with E-state index in [0.717, 1.165) is 50.4 Å². The number of morpholine rings is 1. The van der Waals surface area contributed by atoms with Gasteiger partial charge < -0.3 is 10.1 Å². The molecule has 2 aromatic carbocycles. The standard InChI is InChI=1S/C23H30ClN3O4S/c1-19-4-2-5-20(16-19)17-27(32(29,30)22-8-6-21(24)7-9-22)18-23(28)25-10-3-11-26-12-14-31-15-13-26/h2,4-9,16H,3,10-15,17-18H2,1H3,(H,25,28). The number of hydrogen-bond donors (Lipinski definition) is 1. The molecule has 0 aliphatic carbocycles. The van der Waals surface area contributed by atoms with E-state index in [2.05, 4.69) is 10.2 Å². The van der Waals surface area contributed by atoms with Crippen molar-refractivity contribution in [1.82, 2.24) is 14.5 Å². The molecule has 0 aromatic heterocycles.